The summed E-state index contributed by atoms with van der Waals surface area (Å²) in [5.74, 6) is -0.327. The summed E-state index contributed by atoms with van der Waals surface area (Å²) in [6.45, 7) is 3.16. The molecule has 25 heavy (non-hydrogen) atoms. The van der Waals surface area contributed by atoms with Gasteiger partial charge in [0.2, 0.25) is 0 Å². The van der Waals surface area contributed by atoms with Crippen LogP contribution in [0.1, 0.15) is 41.4 Å². The fourth-order valence-electron chi connectivity index (χ4n) is 2.72. The van der Waals surface area contributed by atoms with E-state index in [0.717, 1.165) is 17.7 Å². The molecule has 0 aliphatic heterocycles. The van der Waals surface area contributed by atoms with E-state index in [1.807, 2.05) is 41.9 Å². The quantitative estimate of drug-likeness (QED) is 0.691. The number of carbonyl (C=O) groups is 2. The maximum atomic E-state index is 12.7. The number of hydrogen-bond donors (Lipinski definition) is 0. The molecule has 0 aliphatic carbocycles. The van der Waals surface area contributed by atoms with E-state index < -0.39 is 0 Å². The van der Waals surface area contributed by atoms with Crippen LogP contribution < -0.4 is 0 Å². The maximum absolute atomic E-state index is 12.7. The Morgan fingerprint density at radius 2 is 1.96 bits per heavy atom. The molecule has 6 heteroatoms. The lowest BCUT2D eigenvalue weighted by atomic mass is 10.1. The lowest BCUT2D eigenvalue weighted by Gasteiger charge is -2.17. The number of esters is 1. The second kappa shape index (κ2) is 9.01. The van der Waals surface area contributed by atoms with Crippen LogP contribution in [0.5, 0.6) is 0 Å². The summed E-state index contributed by atoms with van der Waals surface area (Å²) in [6, 6.07) is 10.0. The number of methoxy groups -OCH3 is 1. The van der Waals surface area contributed by atoms with Gasteiger partial charge < -0.3 is 9.64 Å². The molecule has 1 amide bonds. The molecule has 0 unspecified atom stereocenters. The zero-order chi connectivity index (χ0) is 18.2. The van der Waals surface area contributed by atoms with Gasteiger partial charge in [-0.1, -0.05) is 37.3 Å². The van der Waals surface area contributed by atoms with Gasteiger partial charge in [0.25, 0.3) is 5.91 Å². The van der Waals surface area contributed by atoms with Crippen LogP contribution in [0.25, 0.3) is 0 Å². The maximum Gasteiger partial charge on any atom is 0.305 e. The highest BCUT2D eigenvalue weighted by Crippen LogP contribution is 2.14. The fraction of sp³-hybridized carbons (Fsp3) is 0.421. The van der Waals surface area contributed by atoms with E-state index in [1.54, 1.807) is 18.1 Å². The Morgan fingerprint density at radius 1 is 1.24 bits per heavy atom. The van der Waals surface area contributed by atoms with Crippen LogP contribution in [0, 0.1) is 0 Å². The molecule has 0 saturated carbocycles. The average Bonchev–Trinajstić information content (AvgIpc) is 3.04. The van der Waals surface area contributed by atoms with Gasteiger partial charge in [0.05, 0.1) is 31.1 Å². The van der Waals surface area contributed by atoms with Gasteiger partial charge in [0.15, 0.2) is 0 Å². The molecular formula is C19H25N3O3. The van der Waals surface area contributed by atoms with Gasteiger partial charge >= 0.3 is 5.97 Å². The van der Waals surface area contributed by atoms with E-state index in [0.29, 0.717) is 31.5 Å². The average molecular weight is 343 g/mol. The van der Waals surface area contributed by atoms with Gasteiger partial charge in [-0.25, -0.2) is 0 Å². The first-order valence-electron chi connectivity index (χ1n) is 8.47. The number of aromatic nitrogens is 2. The van der Waals surface area contributed by atoms with Crippen molar-refractivity contribution in [2.45, 2.75) is 32.7 Å². The van der Waals surface area contributed by atoms with Crippen LogP contribution >= 0.6 is 0 Å². The second-order valence-corrected chi connectivity index (χ2v) is 5.91. The standard InChI is InChI=1S/C19H25N3O3/c1-4-17-16(19(24)21(2)12-8-11-18(23)25-3)13-20-22(17)14-15-9-6-5-7-10-15/h5-7,9-10,13H,4,8,11-12,14H2,1-3H3. The zero-order valence-electron chi connectivity index (χ0n) is 15.1. The van der Waals surface area contributed by atoms with E-state index in [9.17, 15) is 9.59 Å². The Bertz CT molecular complexity index is 710. The molecule has 0 saturated heterocycles. The van der Waals surface area contributed by atoms with E-state index in [-0.39, 0.29) is 11.9 Å². The van der Waals surface area contributed by atoms with E-state index in [1.165, 1.54) is 7.11 Å². The van der Waals surface area contributed by atoms with Crippen molar-refractivity contribution in [2.24, 2.45) is 0 Å². The summed E-state index contributed by atoms with van der Waals surface area (Å²) < 4.78 is 6.50. The van der Waals surface area contributed by atoms with E-state index in [2.05, 4.69) is 9.84 Å². The van der Waals surface area contributed by atoms with Gasteiger partial charge in [-0.05, 0) is 18.4 Å². The molecule has 2 aromatic rings. The predicted octanol–water partition coefficient (Wildman–Crippen LogP) is 2.52. The fourth-order valence-corrected chi connectivity index (χ4v) is 2.72. The lowest BCUT2D eigenvalue weighted by Crippen LogP contribution is -2.29. The molecular weight excluding hydrogens is 318 g/mol. The van der Waals surface area contributed by atoms with Crippen LogP contribution in [0.2, 0.25) is 0 Å². The Kier molecular flexibility index (Phi) is 6.74. The summed E-state index contributed by atoms with van der Waals surface area (Å²) in [5.41, 5.74) is 2.69. The molecule has 0 fully saturated rings. The molecule has 0 radical (unpaired) electrons. The van der Waals surface area contributed by atoms with Crippen LogP contribution in [-0.4, -0.2) is 47.3 Å². The minimum absolute atomic E-state index is 0.0685. The molecule has 0 aliphatic rings. The number of benzene rings is 1. The minimum atomic E-state index is -0.259. The molecule has 0 spiro atoms. The number of ether oxygens (including phenoxy) is 1. The van der Waals surface area contributed by atoms with E-state index >= 15 is 0 Å². The van der Waals surface area contributed by atoms with Gasteiger partial charge in [0, 0.05) is 20.0 Å². The van der Waals surface area contributed by atoms with Crippen LogP contribution in [0.4, 0.5) is 0 Å². The lowest BCUT2D eigenvalue weighted by molar-refractivity contribution is -0.140. The number of rotatable bonds is 8. The van der Waals surface area contributed by atoms with Crippen molar-refractivity contribution < 1.29 is 14.3 Å². The zero-order valence-corrected chi connectivity index (χ0v) is 15.1. The topological polar surface area (TPSA) is 64.4 Å². The minimum Gasteiger partial charge on any atom is -0.469 e. The van der Waals surface area contributed by atoms with Crippen molar-refractivity contribution in [1.82, 2.24) is 14.7 Å². The normalized spacial score (nSPS) is 10.5. The molecule has 0 bridgehead atoms. The van der Waals surface area contributed by atoms with Crippen molar-refractivity contribution in [3.8, 4) is 0 Å². The van der Waals surface area contributed by atoms with Crippen molar-refractivity contribution in [2.75, 3.05) is 20.7 Å². The monoisotopic (exact) mass is 343 g/mol. The highest BCUT2D eigenvalue weighted by molar-refractivity contribution is 5.95. The van der Waals surface area contributed by atoms with E-state index in [4.69, 9.17) is 0 Å². The van der Waals surface area contributed by atoms with Crippen LogP contribution in [0.15, 0.2) is 36.5 Å². The molecule has 0 N–H and O–H groups in total. The van der Waals surface area contributed by atoms with Crippen LogP contribution in [0.3, 0.4) is 0 Å². The Hall–Kier alpha value is -2.63. The molecule has 0 atom stereocenters. The predicted molar refractivity (Wildman–Crippen MR) is 95.4 cm³/mol. The number of nitrogens with zero attached hydrogens (tertiary/aromatic N) is 3. The highest BCUT2D eigenvalue weighted by Gasteiger charge is 2.19. The second-order valence-electron chi connectivity index (χ2n) is 5.91. The highest BCUT2D eigenvalue weighted by atomic mass is 16.5. The van der Waals surface area contributed by atoms with Crippen molar-refractivity contribution in [3.05, 3.63) is 53.3 Å². The Balaban J connectivity index is 2.05. The van der Waals surface area contributed by atoms with Crippen LogP contribution in [-0.2, 0) is 22.5 Å². The molecule has 6 nitrogen and oxygen atoms in total. The largest absolute Gasteiger partial charge is 0.469 e. The van der Waals surface area contributed by atoms with Gasteiger partial charge in [-0.15, -0.1) is 0 Å². The first kappa shape index (κ1) is 18.7. The molecule has 1 aromatic carbocycles. The summed E-state index contributed by atoms with van der Waals surface area (Å²) in [4.78, 5) is 25.5. The first-order valence-corrected chi connectivity index (χ1v) is 8.47. The van der Waals surface area contributed by atoms with Gasteiger partial charge in [-0.3, -0.25) is 14.3 Å². The molecule has 2 rings (SSSR count). The van der Waals surface area contributed by atoms with Gasteiger partial charge in [-0.2, -0.15) is 5.10 Å². The molecule has 1 heterocycles. The molecule has 134 valence electrons. The van der Waals surface area contributed by atoms with Gasteiger partial charge in [0.1, 0.15) is 0 Å². The number of carbonyl (C=O) groups excluding carboxylic acids is 2. The summed E-state index contributed by atoms with van der Waals surface area (Å²) in [7, 11) is 3.11. The Labute approximate surface area is 148 Å². The summed E-state index contributed by atoms with van der Waals surface area (Å²) in [6.07, 6.45) is 3.25. The number of hydrogen-bond acceptors (Lipinski definition) is 4. The summed E-state index contributed by atoms with van der Waals surface area (Å²) >= 11 is 0. The Morgan fingerprint density at radius 3 is 2.60 bits per heavy atom. The third-order valence-corrected chi connectivity index (χ3v) is 4.14. The van der Waals surface area contributed by atoms with Crippen molar-refractivity contribution in [3.63, 3.8) is 0 Å². The smallest absolute Gasteiger partial charge is 0.305 e. The van der Waals surface area contributed by atoms with Crippen molar-refractivity contribution in [1.29, 1.82) is 0 Å². The third kappa shape index (κ3) is 4.92. The molecule has 1 aromatic heterocycles. The summed E-state index contributed by atoms with van der Waals surface area (Å²) in [5, 5.41) is 4.40. The SMILES string of the molecule is CCc1c(C(=O)N(C)CCCC(=O)OC)cnn1Cc1ccccc1. The van der Waals surface area contributed by atoms with Crippen molar-refractivity contribution >= 4 is 11.9 Å². The third-order valence-electron chi connectivity index (χ3n) is 4.14. The first-order chi connectivity index (χ1) is 12.1. The number of amides is 1.